The monoisotopic (exact) mass is 1510 g/mol. The van der Waals surface area contributed by atoms with Crippen molar-refractivity contribution in [1.82, 2.24) is 0 Å². The largest absolute Gasteiger partial charge is 2.00 e. The molecular weight excluding hydrogens is 1470 g/mol. The Morgan fingerprint density at radius 2 is 0.255 bits per heavy atom. The standard InChI is InChI=1S/3C21H13F9OSi.O.V/c3*22-19(23,24)13-4-1-7-16(10-13)32(31,17-8-2-5-14(11-17)20(25,26)27)18-9-3-6-15(12-18)21(28,29)30;;/h3*1-12,31H;;/q;;;-2;+2. The van der Waals surface area contributed by atoms with E-state index in [0.717, 1.165) is 109 Å². The van der Waals surface area contributed by atoms with Crippen LogP contribution in [0.2, 0.25) is 0 Å². The average molecular weight is 1510 g/mol. The topological polar surface area (TPSA) is 89.2 Å². The van der Waals surface area contributed by atoms with Crippen LogP contribution in [0, 0.1) is 0 Å². The Morgan fingerprint density at radius 1 is 0.173 bits per heavy atom. The molecule has 0 aliphatic rings. The van der Waals surface area contributed by atoms with E-state index in [4.69, 9.17) is 0 Å². The molecule has 0 aromatic heterocycles. The quantitative estimate of drug-likeness (QED) is 0.0764. The molecule has 0 saturated heterocycles. The molecule has 1 radical (unpaired) electrons. The molecule has 0 aliphatic carbocycles. The van der Waals surface area contributed by atoms with Gasteiger partial charge in [-0.05, 0) is 101 Å². The molecular formula is C63H39F27O4Si3V. The molecule has 4 nitrogen and oxygen atoms in total. The van der Waals surface area contributed by atoms with Gasteiger partial charge in [0.25, 0.3) is 25.0 Å². The summed E-state index contributed by atoms with van der Waals surface area (Å²) < 4.78 is 357. The Hall–Kier alpha value is -7.83. The second-order valence-corrected chi connectivity index (χ2v) is 30.3. The minimum absolute atomic E-state index is 0. The van der Waals surface area contributed by atoms with Gasteiger partial charge in [0.1, 0.15) is 0 Å². The Morgan fingerprint density at radius 3 is 0.327 bits per heavy atom. The van der Waals surface area contributed by atoms with E-state index in [2.05, 4.69) is 0 Å². The average Bonchev–Trinajstić information content (AvgIpc) is 0.762. The maximum Gasteiger partial charge on any atom is 2.00 e. The molecule has 35 heteroatoms. The Labute approximate surface area is 550 Å². The number of rotatable bonds is 9. The molecule has 0 amide bonds. The van der Waals surface area contributed by atoms with Gasteiger partial charge in [-0.25, -0.2) is 0 Å². The first-order valence-electron chi connectivity index (χ1n) is 26.7. The normalized spacial score (nSPS) is 13.0. The van der Waals surface area contributed by atoms with Gasteiger partial charge < -0.3 is 19.9 Å². The van der Waals surface area contributed by atoms with Crippen molar-refractivity contribution in [3.8, 4) is 0 Å². The smallest absolute Gasteiger partial charge is 2.00 e. The third-order valence-electron chi connectivity index (χ3n) is 14.5. The van der Waals surface area contributed by atoms with Crippen LogP contribution in [-0.4, -0.2) is 39.3 Å². The molecule has 0 spiro atoms. The molecule has 521 valence electrons. The number of hydrogen-bond donors (Lipinski definition) is 3. The summed E-state index contributed by atoms with van der Waals surface area (Å²) in [7, 11) is -14.1. The molecule has 98 heavy (non-hydrogen) atoms. The van der Waals surface area contributed by atoms with E-state index in [1.807, 2.05) is 0 Å². The van der Waals surface area contributed by atoms with Crippen molar-refractivity contribution in [2.24, 2.45) is 0 Å². The van der Waals surface area contributed by atoms with Gasteiger partial charge in [-0.3, -0.25) is 0 Å². The molecule has 0 atom stereocenters. The van der Waals surface area contributed by atoms with Gasteiger partial charge >= 0.3 is 74.1 Å². The molecule has 9 aromatic carbocycles. The van der Waals surface area contributed by atoms with Gasteiger partial charge in [0.05, 0.1) is 50.1 Å². The zero-order valence-corrected chi connectivity index (χ0v) is 52.6. The minimum atomic E-state index is -4.84. The summed E-state index contributed by atoms with van der Waals surface area (Å²) in [6, 6.07) is 29.1. The first-order chi connectivity index (χ1) is 43.9. The van der Waals surface area contributed by atoms with E-state index in [0.29, 0.717) is 109 Å². The molecule has 0 unspecified atom stereocenters. The predicted octanol–water partition coefficient (Wildman–Crippen LogP) is 14.0. The van der Waals surface area contributed by atoms with Gasteiger partial charge in [-0.15, -0.1) is 0 Å². The van der Waals surface area contributed by atoms with Crippen molar-refractivity contribution < 1.29 is 157 Å². The van der Waals surface area contributed by atoms with Crippen LogP contribution < -0.4 is 46.7 Å². The summed E-state index contributed by atoms with van der Waals surface area (Å²) in [5.41, 5.74) is -10.8. The van der Waals surface area contributed by atoms with Crippen LogP contribution in [0.25, 0.3) is 0 Å². The molecule has 0 fully saturated rings. The number of hydrogen-bond acceptors (Lipinski definition) is 3. The number of benzene rings is 9. The molecule has 0 saturated carbocycles. The maximum absolute atomic E-state index is 13.2. The van der Waals surface area contributed by atoms with Crippen LogP contribution in [0.1, 0.15) is 50.1 Å². The molecule has 0 heterocycles. The van der Waals surface area contributed by atoms with E-state index in [1.54, 1.807) is 0 Å². The zero-order chi connectivity index (χ0) is 71.8. The van der Waals surface area contributed by atoms with Crippen molar-refractivity contribution in [2.45, 2.75) is 55.6 Å². The van der Waals surface area contributed by atoms with Gasteiger partial charge in [0.2, 0.25) is 0 Å². The molecule has 0 aliphatic heterocycles. The summed E-state index contributed by atoms with van der Waals surface area (Å²) in [5.74, 6) is 0. The second kappa shape index (κ2) is 29.2. The summed E-state index contributed by atoms with van der Waals surface area (Å²) in [5, 5.41) is -3.70. The fourth-order valence-corrected chi connectivity index (χ4v) is 19.1. The number of halogens is 27. The van der Waals surface area contributed by atoms with Crippen molar-refractivity contribution in [3.05, 3.63) is 268 Å². The third-order valence-corrected chi connectivity index (χ3v) is 24.8. The van der Waals surface area contributed by atoms with Crippen molar-refractivity contribution in [2.75, 3.05) is 0 Å². The van der Waals surface area contributed by atoms with Crippen LogP contribution in [0.4, 0.5) is 119 Å². The Kier molecular flexibility index (Phi) is 24.1. The summed E-state index contributed by atoms with van der Waals surface area (Å²) >= 11 is 0. The van der Waals surface area contributed by atoms with Crippen molar-refractivity contribution >= 4 is 71.6 Å². The second-order valence-electron chi connectivity index (χ2n) is 20.8. The number of alkyl halides is 27. The molecule has 0 bridgehead atoms. The fourth-order valence-electron chi connectivity index (χ4n) is 9.79. The third kappa shape index (κ3) is 18.5. The van der Waals surface area contributed by atoms with E-state index in [-0.39, 0.29) is 24.0 Å². The van der Waals surface area contributed by atoms with Crippen molar-refractivity contribution in [1.29, 1.82) is 0 Å². The Balaban J connectivity index is 0.000000263. The van der Waals surface area contributed by atoms with Gasteiger partial charge in [-0.1, -0.05) is 164 Å². The molecule has 9 rings (SSSR count). The van der Waals surface area contributed by atoms with Crippen molar-refractivity contribution in [3.63, 3.8) is 0 Å². The van der Waals surface area contributed by atoms with Crippen LogP contribution in [-0.2, 0) is 79.6 Å². The molecule has 9 aromatic rings. The van der Waals surface area contributed by atoms with E-state index in [9.17, 15) is 133 Å². The Bertz CT molecular complexity index is 3370. The first-order valence-corrected chi connectivity index (χ1v) is 32.5. The fraction of sp³-hybridized carbons (Fsp3) is 0.143. The first kappa shape index (κ1) is 80.8. The molecule has 3 N–H and O–H groups in total. The summed E-state index contributed by atoms with van der Waals surface area (Å²) in [6.07, 6.45) is -43.6. The van der Waals surface area contributed by atoms with Gasteiger partial charge in [0.15, 0.2) is 0 Å². The van der Waals surface area contributed by atoms with Crippen LogP contribution in [0.5, 0.6) is 0 Å². The van der Waals surface area contributed by atoms with Gasteiger partial charge in [0, 0.05) is 0 Å². The van der Waals surface area contributed by atoms with E-state index < -0.39 is 177 Å². The van der Waals surface area contributed by atoms with E-state index in [1.165, 1.54) is 0 Å². The minimum Gasteiger partial charge on any atom is -2.00 e. The van der Waals surface area contributed by atoms with E-state index >= 15 is 0 Å². The zero-order valence-electron chi connectivity index (χ0n) is 48.2. The maximum atomic E-state index is 13.2. The van der Waals surface area contributed by atoms with Crippen LogP contribution in [0.15, 0.2) is 218 Å². The van der Waals surface area contributed by atoms with Crippen LogP contribution >= 0.6 is 0 Å². The van der Waals surface area contributed by atoms with Gasteiger partial charge in [-0.2, -0.15) is 119 Å². The predicted molar refractivity (Wildman–Crippen MR) is 304 cm³/mol. The SMILES string of the molecule is O[Si](c1cccc(C(F)(F)F)c1)(c1cccc(C(F)(F)F)c1)c1cccc(C(F)(F)F)c1.O[Si](c1cccc(C(F)(F)F)c1)(c1cccc(C(F)(F)F)c1)c1cccc(C(F)(F)F)c1.O[Si](c1cccc(C(F)(F)F)c1)(c1cccc(C(F)(F)F)c1)c1cccc(C(F)(F)F)c1.[O-2].[V+2]. The van der Waals surface area contributed by atoms with Crippen LogP contribution in [0.3, 0.4) is 0 Å². The summed E-state index contributed by atoms with van der Waals surface area (Å²) in [6.45, 7) is 0. The summed E-state index contributed by atoms with van der Waals surface area (Å²) in [4.78, 5) is 34.9.